The zero-order chi connectivity index (χ0) is 20.6. The van der Waals surface area contributed by atoms with E-state index in [9.17, 15) is 10.1 Å². The van der Waals surface area contributed by atoms with Crippen LogP contribution in [0.5, 0.6) is 5.75 Å². The van der Waals surface area contributed by atoms with Gasteiger partial charge in [-0.3, -0.25) is 15.1 Å². The number of aromatic nitrogens is 1. The van der Waals surface area contributed by atoms with Crippen molar-refractivity contribution in [3.05, 3.63) is 47.8 Å². The number of benzene rings is 1. The SMILES string of the molecule is CC(C)Oc1ccc(-c2ccnc([C@H]3CC[C@@]4(CCN(C)C4=O)N3)c2)cc1C#N. The summed E-state index contributed by atoms with van der Waals surface area (Å²) >= 11 is 0. The van der Waals surface area contributed by atoms with Crippen LogP contribution in [0.15, 0.2) is 36.5 Å². The van der Waals surface area contributed by atoms with Crippen molar-refractivity contribution in [3.8, 4) is 22.9 Å². The van der Waals surface area contributed by atoms with E-state index in [0.717, 1.165) is 42.6 Å². The number of likely N-dealkylation sites (tertiary alicyclic amines) is 1. The van der Waals surface area contributed by atoms with Gasteiger partial charge in [0.2, 0.25) is 5.91 Å². The smallest absolute Gasteiger partial charge is 0.242 e. The maximum absolute atomic E-state index is 12.6. The van der Waals surface area contributed by atoms with E-state index in [-0.39, 0.29) is 18.1 Å². The number of nitrogens with zero attached hydrogens (tertiary/aromatic N) is 3. The zero-order valence-electron chi connectivity index (χ0n) is 17.1. The minimum atomic E-state index is -0.430. The lowest BCUT2D eigenvalue weighted by molar-refractivity contribution is -0.131. The van der Waals surface area contributed by atoms with Crippen LogP contribution >= 0.6 is 0 Å². The van der Waals surface area contributed by atoms with Crippen molar-refractivity contribution in [1.29, 1.82) is 5.26 Å². The molecular formula is C23H26N4O2. The molecule has 3 heterocycles. The molecule has 0 radical (unpaired) electrons. The quantitative estimate of drug-likeness (QED) is 0.865. The molecule has 29 heavy (non-hydrogen) atoms. The number of hydrogen-bond donors (Lipinski definition) is 1. The van der Waals surface area contributed by atoms with Gasteiger partial charge in [-0.05, 0) is 68.5 Å². The first-order chi connectivity index (χ1) is 13.9. The highest BCUT2D eigenvalue weighted by atomic mass is 16.5. The molecule has 150 valence electrons. The molecule has 1 spiro atoms. The molecule has 2 aliphatic heterocycles. The van der Waals surface area contributed by atoms with Crippen LogP contribution in [0, 0.1) is 11.3 Å². The fraction of sp³-hybridized carbons (Fsp3) is 0.435. The molecule has 2 aromatic rings. The zero-order valence-corrected chi connectivity index (χ0v) is 17.1. The van der Waals surface area contributed by atoms with Gasteiger partial charge < -0.3 is 9.64 Å². The molecule has 0 saturated carbocycles. The number of hydrogen-bond acceptors (Lipinski definition) is 5. The molecule has 2 fully saturated rings. The second-order valence-electron chi connectivity index (χ2n) is 8.25. The lowest BCUT2D eigenvalue weighted by Crippen LogP contribution is -2.47. The summed E-state index contributed by atoms with van der Waals surface area (Å²) in [6, 6.07) is 12.0. The average molecular weight is 390 g/mol. The molecule has 0 bridgehead atoms. The predicted molar refractivity (Wildman–Crippen MR) is 110 cm³/mol. The van der Waals surface area contributed by atoms with E-state index in [1.54, 1.807) is 6.20 Å². The third-order valence-corrected chi connectivity index (χ3v) is 5.87. The minimum absolute atomic E-state index is 0.0126. The van der Waals surface area contributed by atoms with Crippen LogP contribution in [0.3, 0.4) is 0 Å². The van der Waals surface area contributed by atoms with Crippen LogP contribution in [-0.2, 0) is 4.79 Å². The highest BCUT2D eigenvalue weighted by Gasteiger charge is 2.50. The van der Waals surface area contributed by atoms with Gasteiger partial charge in [0.15, 0.2) is 0 Å². The maximum Gasteiger partial charge on any atom is 0.242 e. The lowest BCUT2D eigenvalue weighted by atomic mass is 9.96. The normalized spacial score (nSPS) is 23.8. The Morgan fingerprint density at radius 2 is 2.07 bits per heavy atom. The van der Waals surface area contributed by atoms with E-state index in [4.69, 9.17) is 4.74 Å². The molecule has 1 aromatic carbocycles. The Labute approximate surface area is 171 Å². The van der Waals surface area contributed by atoms with Gasteiger partial charge in [0.05, 0.1) is 23.4 Å². The molecule has 1 aromatic heterocycles. The predicted octanol–water partition coefficient (Wildman–Crippen LogP) is 3.43. The molecule has 0 aliphatic carbocycles. The fourth-order valence-corrected chi connectivity index (χ4v) is 4.36. The molecule has 2 saturated heterocycles. The Morgan fingerprint density at radius 3 is 2.76 bits per heavy atom. The highest BCUT2D eigenvalue weighted by molar-refractivity contribution is 5.88. The number of rotatable bonds is 4. The second-order valence-corrected chi connectivity index (χ2v) is 8.25. The standard InChI is InChI=1S/C23H26N4O2/c1-15(2)29-21-5-4-16(12-18(21)14-24)17-7-10-25-20(13-17)19-6-8-23(26-19)9-11-27(3)22(23)28/h4-5,7,10,12-13,15,19,26H,6,8-9,11H2,1-3H3/t19-,23+/m1/s1. The number of likely N-dealkylation sites (N-methyl/N-ethyl adjacent to an activating group) is 1. The summed E-state index contributed by atoms with van der Waals surface area (Å²) in [7, 11) is 1.87. The van der Waals surface area contributed by atoms with Crippen molar-refractivity contribution in [3.63, 3.8) is 0 Å². The molecular weight excluding hydrogens is 364 g/mol. The van der Waals surface area contributed by atoms with Gasteiger partial charge in [0.25, 0.3) is 0 Å². The molecule has 4 rings (SSSR count). The van der Waals surface area contributed by atoms with Gasteiger partial charge in [-0.15, -0.1) is 0 Å². The molecule has 0 unspecified atom stereocenters. The molecule has 1 amide bonds. The summed E-state index contributed by atoms with van der Waals surface area (Å²) in [6.07, 6.45) is 4.39. The fourth-order valence-electron chi connectivity index (χ4n) is 4.36. The molecule has 6 nitrogen and oxygen atoms in total. The van der Waals surface area contributed by atoms with Crippen molar-refractivity contribution in [2.45, 2.75) is 50.8 Å². The monoisotopic (exact) mass is 390 g/mol. The third-order valence-electron chi connectivity index (χ3n) is 5.87. The van der Waals surface area contributed by atoms with Crippen molar-refractivity contribution in [1.82, 2.24) is 15.2 Å². The van der Waals surface area contributed by atoms with Gasteiger partial charge >= 0.3 is 0 Å². The number of nitrogens with one attached hydrogen (secondary N) is 1. The van der Waals surface area contributed by atoms with Crippen LogP contribution in [-0.4, -0.2) is 41.0 Å². The highest BCUT2D eigenvalue weighted by Crippen LogP contribution is 2.39. The Morgan fingerprint density at radius 1 is 1.28 bits per heavy atom. The summed E-state index contributed by atoms with van der Waals surface area (Å²) in [5, 5.41) is 13.1. The van der Waals surface area contributed by atoms with Crippen LogP contribution < -0.4 is 10.1 Å². The average Bonchev–Trinajstić information content (AvgIpc) is 3.28. The van der Waals surface area contributed by atoms with Crippen molar-refractivity contribution < 1.29 is 9.53 Å². The summed E-state index contributed by atoms with van der Waals surface area (Å²) in [4.78, 5) is 19.0. The van der Waals surface area contributed by atoms with E-state index in [1.807, 2.05) is 50.1 Å². The van der Waals surface area contributed by atoms with E-state index < -0.39 is 5.54 Å². The molecule has 2 atom stereocenters. The van der Waals surface area contributed by atoms with Crippen LogP contribution in [0.4, 0.5) is 0 Å². The summed E-state index contributed by atoms with van der Waals surface area (Å²) in [6.45, 7) is 4.69. The first-order valence-corrected chi connectivity index (χ1v) is 10.1. The first-order valence-electron chi connectivity index (χ1n) is 10.1. The number of amides is 1. The largest absolute Gasteiger partial charge is 0.490 e. The van der Waals surface area contributed by atoms with Gasteiger partial charge in [0.1, 0.15) is 17.4 Å². The number of carbonyl (C=O) groups excluding carboxylic acids is 1. The van der Waals surface area contributed by atoms with Crippen LogP contribution in [0.2, 0.25) is 0 Å². The van der Waals surface area contributed by atoms with Gasteiger partial charge in [-0.1, -0.05) is 6.07 Å². The molecule has 2 aliphatic rings. The van der Waals surface area contributed by atoms with Gasteiger partial charge in [-0.25, -0.2) is 0 Å². The van der Waals surface area contributed by atoms with Crippen LogP contribution in [0.25, 0.3) is 11.1 Å². The van der Waals surface area contributed by atoms with E-state index in [2.05, 4.69) is 22.4 Å². The first kappa shape index (κ1) is 19.4. The Kier molecular flexibility index (Phi) is 5.01. The number of nitriles is 1. The Bertz CT molecular complexity index is 981. The summed E-state index contributed by atoms with van der Waals surface area (Å²) in [5.41, 5.74) is 2.97. The maximum atomic E-state index is 12.6. The van der Waals surface area contributed by atoms with Crippen LogP contribution in [0.1, 0.15) is 50.4 Å². The number of pyridine rings is 1. The lowest BCUT2D eigenvalue weighted by Gasteiger charge is -2.23. The van der Waals surface area contributed by atoms with Gasteiger partial charge in [0, 0.05) is 19.8 Å². The Hall–Kier alpha value is -2.91. The van der Waals surface area contributed by atoms with Crippen molar-refractivity contribution >= 4 is 5.91 Å². The second kappa shape index (κ2) is 7.49. The molecule has 1 N–H and O–H groups in total. The number of carbonyl (C=O) groups is 1. The summed E-state index contributed by atoms with van der Waals surface area (Å²) in [5.74, 6) is 0.791. The van der Waals surface area contributed by atoms with Crippen molar-refractivity contribution in [2.75, 3.05) is 13.6 Å². The third kappa shape index (κ3) is 3.58. The van der Waals surface area contributed by atoms with E-state index >= 15 is 0 Å². The minimum Gasteiger partial charge on any atom is -0.490 e. The van der Waals surface area contributed by atoms with E-state index in [0.29, 0.717) is 11.3 Å². The topological polar surface area (TPSA) is 78.2 Å². The molecule has 6 heteroatoms. The van der Waals surface area contributed by atoms with Gasteiger partial charge in [-0.2, -0.15) is 5.26 Å². The van der Waals surface area contributed by atoms with Crippen molar-refractivity contribution in [2.24, 2.45) is 0 Å². The number of ether oxygens (including phenoxy) is 1. The summed E-state index contributed by atoms with van der Waals surface area (Å²) < 4.78 is 5.72. The Balaban J connectivity index is 1.59. The van der Waals surface area contributed by atoms with E-state index in [1.165, 1.54) is 0 Å².